The minimum absolute atomic E-state index is 0.0962. The molecule has 2 rings (SSSR count). The third-order valence-electron chi connectivity index (χ3n) is 8.21. The van der Waals surface area contributed by atoms with Crippen LogP contribution in [0.3, 0.4) is 0 Å². The summed E-state index contributed by atoms with van der Waals surface area (Å²) in [5.41, 5.74) is 5.20. The van der Waals surface area contributed by atoms with Gasteiger partial charge < -0.3 is 0 Å². The zero-order valence-corrected chi connectivity index (χ0v) is 30.2. The van der Waals surface area contributed by atoms with E-state index in [2.05, 4.69) is 114 Å². The molecule has 4 nitrogen and oxygen atoms in total. The van der Waals surface area contributed by atoms with E-state index >= 15 is 0 Å². The molecule has 0 atom stereocenters. The number of unbranched alkanes of at least 4 members (excludes halogenated alkanes) is 5. The van der Waals surface area contributed by atoms with Gasteiger partial charge in [0.1, 0.15) is 0 Å². The molecule has 0 radical (unpaired) electrons. The van der Waals surface area contributed by atoms with Crippen molar-refractivity contribution in [3.63, 3.8) is 0 Å². The fraction of sp³-hybridized carbons (Fsp3) is 0.676. The van der Waals surface area contributed by atoms with E-state index in [4.69, 9.17) is 4.52 Å². The van der Waals surface area contributed by atoms with Crippen molar-refractivity contribution in [2.24, 2.45) is 0 Å². The SMILES string of the molecule is CCCCCCCC[PH](O)(O)Oc1c(Cc2cc(C(C)(C)C)cc(C(C)(C)C)c2O)cc(C(C)(C)C)cc1C(C)(C)C. The molecule has 0 unspecified atom stereocenters. The molecule has 0 aliphatic heterocycles. The summed E-state index contributed by atoms with van der Waals surface area (Å²) in [4.78, 5) is 22.5. The van der Waals surface area contributed by atoms with Gasteiger partial charge in [0.2, 0.25) is 0 Å². The van der Waals surface area contributed by atoms with E-state index in [1.807, 2.05) is 0 Å². The van der Waals surface area contributed by atoms with Crippen LogP contribution in [0, 0.1) is 0 Å². The van der Waals surface area contributed by atoms with Gasteiger partial charge in [-0.3, -0.25) is 0 Å². The van der Waals surface area contributed by atoms with Gasteiger partial charge in [0.05, 0.1) is 0 Å². The van der Waals surface area contributed by atoms with E-state index in [0.29, 0.717) is 17.9 Å². The first kappa shape index (κ1) is 36.6. The van der Waals surface area contributed by atoms with Gasteiger partial charge >= 0.3 is 259 Å². The molecule has 0 heterocycles. The summed E-state index contributed by atoms with van der Waals surface area (Å²) < 4.78 is 6.36. The number of aromatic hydroxyl groups is 1. The van der Waals surface area contributed by atoms with Crippen LogP contribution >= 0.6 is 7.94 Å². The Balaban J connectivity index is 2.72. The Morgan fingerprint density at radius 2 is 1.05 bits per heavy atom. The van der Waals surface area contributed by atoms with Crippen LogP contribution < -0.4 is 4.52 Å². The molecule has 240 valence electrons. The Morgan fingerprint density at radius 1 is 0.595 bits per heavy atom. The molecule has 0 aliphatic rings. The Bertz CT molecular complexity index is 1180. The Hall–Kier alpha value is -1.61. The molecule has 0 aromatic heterocycles. The second-order valence-electron chi connectivity index (χ2n) is 16.6. The van der Waals surface area contributed by atoms with Crippen LogP contribution in [0.1, 0.15) is 162 Å². The summed E-state index contributed by atoms with van der Waals surface area (Å²) in [6, 6.07) is 8.59. The summed E-state index contributed by atoms with van der Waals surface area (Å²) >= 11 is 0. The van der Waals surface area contributed by atoms with E-state index in [-0.39, 0.29) is 27.8 Å². The summed E-state index contributed by atoms with van der Waals surface area (Å²) in [7, 11) is -3.99. The first-order valence-electron chi connectivity index (χ1n) is 16.2. The van der Waals surface area contributed by atoms with Crippen LogP contribution in [0.5, 0.6) is 11.5 Å². The maximum atomic E-state index is 11.6. The first-order chi connectivity index (χ1) is 19.0. The predicted molar refractivity (Wildman–Crippen MR) is 184 cm³/mol. The van der Waals surface area contributed by atoms with Gasteiger partial charge in [0.15, 0.2) is 0 Å². The molecule has 0 spiro atoms. The molecule has 0 amide bonds. The number of hydrogen-bond donors (Lipinski definition) is 3. The van der Waals surface area contributed by atoms with Gasteiger partial charge in [-0.15, -0.1) is 0 Å². The van der Waals surface area contributed by atoms with E-state index in [1.54, 1.807) is 0 Å². The molecule has 0 saturated carbocycles. The number of phenols is 1. The van der Waals surface area contributed by atoms with E-state index in [1.165, 1.54) is 24.8 Å². The summed E-state index contributed by atoms with van der Waals surface area (Å²) in [5.74, 6) is 0.875. The van der Waals surface area contributed by atoms with Crippen LogP contribution in [0.2, 0.25) is 0 Å². The van der Waals surface area contributed by atoms with E-state index in [9.17, 15) is 14.9 Å². The first-order valence-corrected chi connectivity index (χ1v) is 18.2. The van der Waals surface area contributed by atoms with Crippen LogP contribution in [0.15, 0.2) is 24.3 Å². The van der Waals surface area contributed by atoms with Crippen molar-refractivity contribution in [2.75, 3.05) is 6.16 Å². The minimum atomic E-state index is -3.99. The fourth-order valence-corrected chi connectivity index (χ4v) is 6.70. The summed E-state index contributed by atoms with van der Waals surface area (Å²) in [6.07, 6.45) is 7.13. The van der Waals surface area contributed by atoms with Crippen molar-refractivity contribution < 1.29 is 19.4 Å². The third-order valence-corrected chi connectivity index (χ3v) is 9.74. The van der Waals surface area contributed by atoms with Crippen molar-refractivity contribution in [3.05, 3.63) is 57.6 Å². The third kappa shape index (κ3) is 10.2. The zero-order valence-electron chi connectivity index (χ0n) is 29.2. The number of hydrogen-bond acceptors (Lipinski definition) is 4. The molecular weight excluding hydrogens is 539 g/mol. The van der Waals surface area contributed by atoms with E-state index < -0.39 is 7.94 Å². The number of rotatable bonds is 11. The molecule has 2 aromatic carbocycles. The topological polar surface area (TPSA) is 69.9 Å². The van der Waals surface area contributed by atoms with Crippen molar-refractivity contribution in [3.8, 4) is 11.5 Å². The second kappa shape index (κ2) is 13.6. The van der Waals surface area contributed by atoms with Crippen molar-refractivity contribution >= 4 is 7.94 Å². The molecule has 2 aromatic rings. The van der Waals surface area contributed by atoms with Crippen molar-refractivity contribution in [2.45, 2.75) is 157 Å². The van der Waals surface area contributed by atoms with Gasteiger partial charge in [-0.05, 0) is 0 Å². The number of phenolic OH excluding ortho intramolecular Hbond substituents is 1. The molecule has 5 heteroatoms. The Kier molecular flexibility index (Phi) is 11.8. The standard InChI is InChI=1S/C37H63O4P/c1-14-15-16-17-18-19-20-42(39,40)41-33-27(23-29(35(5,6)7)25-31(33)37(11,12)13)21-26-22-28(34(2,3)4)24-30(32(26)38)36(8,9)10/h22-25,38-40,42H,14-21H2,1-13H3. The normalized spacial score (nSPS) is 13.9. The average Bonchev–Trinajstić information content (AvgIpc) is 2.80. The summed E-state index contributed by atoms with van der Waals surface area (Å²) in [6.45, 7) is 28.2. The van der Waals surface area contributed by atoms with Crippen LogP contribution in [0.25, 0.3) is 0 Å². The van der Waals surface area contributed by atoms with E-state index in [0.717, 1.165) is 47.1 Å². The molecule has 0 bridgehead atoms. The molecule has 0 saturated heterocycles. The van der Waals surface area contributed by atoms with Gasteiger partial charge in [-0.25, -0.2) is 0 Å². The fourth-order valence-electron chi connectivity index (χ4n) is 5.32. The Morgan fingerprint density at radius 3 is 1.52 bits per heavy atom. The van der Waals surface area contributed by atoms with Crippen molar-refractivity contribution in [1.82, 2.24) is 0 Å². The monoisotopic (exact) mass is 602 g/mol. The van der Waals surface area contributed by atoms with Crippen LogP contribution in [0.4, 0.5) is 0 Å². The predicted octanol–water partition coefficient (Wildman–Crippen LogP) is 10.4. The molecule has 0 aliphatic carbocycles. The van der Waals surface area contributed by atoms with Crippen LogP contribution in [-0.2, 0) is 28.1 Å². The van der Waals surface area contributed by atoms with Crippen LogP contribution in [-0.4, -0.2) is 21.1 Å². The number of benzene rings is 2. The maximum absolute atomic E-state index is 11.6. The Labute approximate surface area is 258 Å². The van der Waals surface area contributed by atoms with Gasteiger partial charge in [-0.1, -0.05) is 0 Å². The van der Waals surface area contributed by atoms with Gasteiger partial charge in [0.25, 0.3) is 0 Å². The second-order valence-corrected chi connectivity index (χ2v) is 18.8. The van der Waals surface area contributed by atoms with Gasteiger partial charge in [-0.2, -0.15) is 0 Å². The zero-order chi connectivity index (χ0) is 32.3. The molecular formula is C37H63O4P. The van der Waals surface area contributed by atoms with Crippen molar-refractivity contribution in [1.29, 1.82) is 0 Å². The quantitative estimate of drug-likeness (QED) is 0.177. The molecule has 42 heavy (non-hydrogen) atoms. The van der Waals surface area contributed by atoms with Gasteiger partial charge in [0, 0.05) is 0 Å². The molecule has 3 N–H and O–H groups in total. The average molecular weight is 603 g/mol. The summed E-state index contributed by atoms with van der Waals surface area (Å²) in [5, 5.41) is 11.6. The molecule has 0 fully saturated rings.